The van der Waals surface area contributed by atoms with Gasteiger partial charge in [0.05, 0.1) is 19.3 Å². The number of halogens is 1. The molecule has 0 unspecified atom stereocenters. The summed E-state index contributed by atoms with van der Waals surface area (Å²) in [5.74, 6) is 1.24. The van der Waals surface area contributed by atoms with Crippen LogP contribution in [0.15, 0.2) is 29.3 Å². The summed E-state index contributed by atoms with van der Waals surface area (Å²) in [6.45, 7) is 8.43. The van der Waals surface area contributed by atoms with Gasteiger partial charge in [0.25, 0.3) is 5.91 Å². The maximum atomic E-state index is 12.2. The Hall–Kier alpha value is -1.88. The second-order valence-corrected chi connectivity index (χ2v) is 7.15. The zero-order chi connectivity index (χ0) is 19.6. The van der Waals surface area contributed by atoms with E-state index in [4.69, 9.17) is 4.74 Å². The first-order valence-corrected chi connectivity index (χ1v) is 9.72. The van der Waals surface area contributed by atoms with Crippen molar-refractivity contribution in [2.24, 2.45) is 4.99 Å². The maximum Gasteiger partial charge on any atom is 0.251 e. The fourth-order valence-corrected chi connectivity index (χ4v) is 3.18. The van der Waals surface area contributed by atoms with Crippen LogP contribution in [0, 0.1) is 13.8 Å². The molecule has 7 nitrogen and oxygen atoms in total. The summed E-state index contributed by atoms with van der Waals surface area (Å²) >= 11 is 1.67. The molecule has 2 rings (SSSR count). The minimum absolute atomic E-state index is 0. The molecule has 1 aromatic carbocycles. The molecule has 28 heavy (non-hydrogen) atoms. The molecule has 0 radical (unpaired) electrons. The number of aromatic nitrogens is 1. The Morgan fingerprint density at radius 3 is 2.61 bits per heavy atom. The molecule has 0 saturated carbocycles. The average Bonchev–Trinajstić information content (AvgIpc) is 3.00. The highest BCUT2D eigenvalue weighted by molar-refractivity contribution is 14.0. The first kappa shape index (κ1) is 24.2. The summed E-state index contributed by atoms with van der Waals surface area (Å²) < 4.78 is 5.14. The van der Waals surface area contributed by atoms with E-state index < -0.39 is 0 Å². The van der Waals surface area contributed by atoms with Crippen LogP contribution in [0.4, 0.5) is 0 Å². The minimum Gasteiger partial charge on any atom is -0.497 e. The van der Waals surface area contributed by atoms with Gasteiger partial charge in [0, 0.05) is 30.1 Å². The van der Waals surface area contributed by atoms with E-state index in [-0.39, 0.29) is 29.9 Å². The Morgan fingerprint density at radius 2 is 1.96 bits per heavy atom. The van der Waals surface area contributed by atoms with Crippen molar-refractivity contribution in [1.82, 2.24) is 20.9 Å². The Bertz CT molecular complexity index is 775. The number of amides is 1. The van der Waals surface area contributed by atoms with Crippen LogP contribution in [-0.2, 0) is 6.54 Å². The van der Waals surface area contributed by atoms with Crippen LogP contribution in [-0.4, -0.2) is 43.6 Å². The van der Waals surface area contributed by atoms with Crippen molar-refractivity contribution in [2.75, 3.05) is 26.7 Å². The summed E-state index contributed by atoms with van der Waals surface area (Å²) in [4.78, 5) is 22.4. The number of methoxy groups -OCH3 is 1. The summed E-state index contributed by atoms with van der Waals surface area (Å²) in [7, 11) is 1.58. The number of guanidine groups is 1. The molecule has 3 N–H and O–H groups in total. The van der Waals surface area contributed by atoms with E-state index in [1.165, 1.54) is 4.88 Å². The quantitative estimate of drug-likeness (QED) is 0.217. The lowest BCUT2D eigenvalue weighted by molar-refractivity contribution is 0.0954. The third-order valence-corrected chi connectivity index (χ3v) is 4.88. The second kappa shape index (κ2) is 12.6. The van der Waals surface area contributed by atoms with Crippen molar-refractivity contribution in [2.45, 2.75) is 27.3 Å². The number of nitrogens with zero attached hydrogens (tertiary/aromatic N) is 2. The Morgan fingerprint density at radius 1 is 1.21 bits per heavy atom. The molecule has 1 amide bonds. The van der Waals surface area contributed by atoms with E-state index in [1.54, 1.807) is 36.6 Å². The van der Waals surface area contributed by atoms with Crippen LogP contribution in [0.1, 0.15) is 32.9 Å². The summed E-state index contributed by atoms with van der Waals surface area (Å²) in [5.41, 5.74) is 1.63. The number of hydrogen-bond acceptors (Lipinski definition) is 5. The van der Waals surface area contributed by atoms with Gasteiger partial charge >= 0.3 is 0 Å². The molecule has 1 aromatic heterocycles. The van der Waals surface area contributed by atoms with Crippen molar-refractivity contribution in [3.8, 4) is 5.75 Å². The van der Waals surface area contributed by atoms with Gasteiger partial charge < -0.3 is 20.7 Å². The zero-order valence-electron chi connectivity index (χ0n) is 16.7. The largest absolute Gasteiger partial charge is 0.497 e. The molecular weight excluding hydrogens is 489 g/mol. The van der Waals surface area contributed by atoms with E-state index >= 15 is 0 Å². The second-order valence-electron chi connectivity index (χ2n) is 5.86. The lowest BCUT2D eigenvalue weighted by Crippen LogP contribution is -2.41. The SMILES string of the molecule is CCNC(=NCc1nc(C)c(C)s1)NCCNC(=O)c1cccc(OC)c1.I. The van der Waals surface area contributed by atoms with Crippen LogP contribution in [0.2, 0.25) is 0 Å². The van der Waals surface area contributed by atoms with E-state index in [9.17, 15) is 4.79 Å². The first-order chi connectivity index (χ1) is 13.0. The lowest BCUT2D eigenvalue weighted by atomic mass is 10.2. The summed E-state index contributed by atoms with van der Waals surface area (Å²) in [6.07, 6.45) is 0. The predicted octanol–water partition coefficient (Wildman–Crippen LogP) is 2.87. The summed E-state index contributed by atoms with van der Waals surface area (Å²) in [5, 5.41) is 10.3. The van der Waals surface area contributed by atoms with Gasteiger partial charge in [-0.1, -0.05) is 6.07 Å². The van der Waals surface area contributed by atoms with Gasteiger partial charge in [0.1, 0.15) is 10.8 Å². The Balaban J connectivity index is 0.00000392. The number of rotatable bonds is 8. The number of carbonyl (C=O) groups is 1. The molecule has 0 fully saturated rings. The van der Waals surface area contributed by atoms with Crippen molar-refractivity contribution >= 4 is 47.2 Å². The first-order valence-electron chi connectivity index (χ1n) is 8.90. The highest BCUT2D eigenvalue weighted by atomic mass is 127. The number of thiazole rings is 1. The van der Waals surface area contributed by atoms with Crippen LogP contribution < -0.4 is 20.7 Å². The fraction of sp³-hybridized carbons (Fsp3) is 0.421. The smallest absolute Gasteiger partial charge is 0.251 e. The zero-order valence-corrected chi connectivity index (χ0v) is 19.8. The molecule has 0 saturated heterocycles. The average molecular weight is 517 g/mol. The molecule has 0 aliphatic heterocycles. The molecule has 0 atom stereocenters. The van der Waals surface area contributed by atoms with Crippen molar-refractivity contribution in [1.29, 1.82) is 0 Å². The molecule has 0 aliphatic rings. The number of aryl methyl sites for hydroxylation is 2. The van der Waals surface area contributed by atoms with Gasteiger partial charge in [0.2, 0.25) is 0 Å². The monoisotopic (exact) mass is 517 g/mol. The highest BCUT2D eigenvalue weighted by Gasteiger charge is 2.07. The fourth-order valence-electron chi connectivity index (χ4n) is 2.32. The maximum absolute atomic E-state index is 12.2. The number of carbonyl (C=O) groups excluding carboxylic acids is 1. The molecule has 0 aliphatic carbocycles. The standard InChI is InChI=1S/C19H27N5O2S.HI/c1-5-20-19(23-12-17-24-13(2)14(3)27-17)22-10-9-21-18(25)15-7-6-8-16(11-15)26-4;/h6-8,11H,5,9-10,12H2,1-4H3,(H,21,25)(H2,20,22,23);1H. The van der Waals surface area contributed by atoms with E-state index in [2.05, 4.69) is 32.9 Å². The number of nitrogens with one attached hydrogen (secondary N) is 3. The Kier molecular flexibility index (Phi) is 10.8. The van der Waals surface area contributed by atoms with Gasteiger partial charge in [-0.2, -0.15) is 0 Å². The number of aliphatic imine (C=N–C) groups is 1. The third kappa shape index (κ3) is 7.63. The molecule has 0 bridgehead atoms. The third-order valence-electron chi connectivity index (χ3n) is 3.82. The van der Waals surface area contributed by atoms with E-state index in [0.717, 1.165) is 17.2 Å². The van der Waals surface area contributed by atoms with Gasteiger partial charge in [-0.3, -0.25) is 4.79 Å². The minimum atomic E-state index is -0.133. The lowest BCUT2D eigenvalue weighted by Gasteiger charge is -2.12. The highest BCUT2D eigenvalue weighted by Crippen LogP contribution is 2.16. The number of benzene rings is 1. The molecule has 1 heterocycles. The van der Waals surface area contributed by atoms with Gasteiger partial charge in [-0.05, 0) is 39.0 Å². The van der Waals surface area contributed by atoms with E-state index in [0.29, 0.717) is 36.9 Å². The topological polar surface area (TPSA) is 87.6 Å². The summed E-state index contributed by atoms with van der Waals surface area (Å²) in [6, 6.07) is 7.08. The predicted molar refractivity (Wildman–Crippen MR) is 125 cm³/mol. The molecule has 0 spiro atoms. The van der Waals surface area contributed by atoms with Crippen LogP contribution in [0.3, 0.4) is 0 Å². The normalized spacial score (nSPS) is 10.8. The number of ether oxygens (including phenoxy) is 1. The van der Waals surface area contributed by atoms with Crippen LogP contribution in [0.5, 0.6) is 5.75 Å². The molecule has 154 valence electrons. The van der Waals surface area contributed by atoms with Crippen molar-refractivity contribution < 1.29 is 9.53 Å². The van der Waals surface area contributed by atoms with Gasteiger partial charge in [0.15, 0.2) is 5.96 Å². The Labute approximate surface area is 187 Å². The van der Waals surface area contributed by atoms with E-state index in [1.807, 2.05) is 19.9 Å². The van der Waals surface area contributed by atoms with Gasteiger partial charge in [-0.15, -0.1) is 35.3 Å². The van der Waals surface area contributed by atoms with Crippen LogP contribution >= 0.6 is 35.3 Å². The molecule has 9 heteroatoms. The number of hydrogen-bond donors (Lipinski definition) is 3. The van der Waals surface area contributed by atoms with Crippen molar-refractivity contribution in [3.05, 3.63) is 45.4 Å². The van der Waals surface area contributed by atoms with Crippen LogP contribution in [0.25, 0.3) is 0 Å². The molecular formula is C19H28IN5O2S. The molecule has 2 aromatic rings. The van der Waals surface area contributed by atoms with Crippen molar-refractivity contribution in [3.63, 3.8) is 0 Å². The van der Waals surface area contributed by atoms with Gasteiger partial charge in [-0.25, -0.2) is 9.98 Å².